The third-order valence-electron chi connectivity index (χ3n) is 5.96. The molecule has 0 radical (unpaired) electrons. The summed E-state index contributed by atoms with van der Waals surface area (Å²) in [6.45, 7) is 3.25. The van der Waals surface area contributed by atoms with E-state index >= 15 is 0 Å². The largest absolute Gasteiger partial charge is 0.502 e. The van der Waals surface area contributed by atoms with E-state index in [0.29, 0.717) is 26.3 Å². The van der Waals surface area contributed by atoms with Crippen molar-refractivity contribution in [2.45, 2.75) is 25.7 Å². The first-order valence-corrected chi connectivity index (χ1v) is 11.0. The number of ether oxygens (including phenoxy) is 2. The van der Waals surface area contributed by atoms with Gasteiger partial charge >= 0.3 is 0 Å². The summed E-state index contributed by atoms with van der Waals surface area (Å²) < 4.78 is 39.6. The van der Waals surface area contributed by atoms with Gasteiger partial charge in [0.05, 0.1) is 33.0 Å². The lowest BCUT2D eigenvalue weighted by molar-refractivity contribution is 0.0231. The summed E-state index contributed by atoms with van der Waals surface area (Å²) in [6, 6.07) is 0. The number of pyridine rings is 1. The number of aromatic nitrogens is 1. The van der Waals surface area contributed by atoms with Crippen LogP contribution in [0.25, 0.3) is 0 Å². The average molecular weight is 480 g/mol. The van der Waals surface area contributed by atoms with Crippen LogP contribution in [0.15, 0.2) is 34.5 Å². The average Bonchev–Trinajstić information content (AvgIpc) is 2.93. The summed E-state index contributed by atoms with van der Waals surface area (Å²) in [5.74, 6) is -3.09. The quantitative estimate of drug-likeness (QED) is 0.649. The highest BCUT2D eigenvalue weighted by molar-refractivity contribution is 5.99. The first kappa shape index (κ1) is 23.9. The maximum absolute atomic E-state index is 13.9. The molecule has 2 atom stereocenters. The molecular formula is C22H26F2N4O6. The zero-order valence-electron chi connectivity index (χ0n) is 18.6. The number of nitrogens with zero attached hydrogens (tertiary/aromatic N) is 3. The maximum atomic E-state index is 13.9. The fourth-order valence-corrected chi connectivity index (χ4v) is 4.20. The van der Waals surface area contributed by atoms with E-state index in [9.17, 15) is 28.3 Å². The Labute approximate surface area is 194 Å². The second-order valence-electron chi connectivity index (χ2n) is 8.01. The van der Waals surface area contributed by atoms with Crippen molar-refractivity contribution in [3.05, 3.63) is 51.2 Å². The number of rotatable bonds is 4. The van der Waals surface area contributed by atoms with Crippen LogP contribution in [0, 0.1) is 0 Å². The number of halogens is 2. The van der Waals surface area contributed by atoms with E-state index < -0.39 is 46.7 Å². The first-order valence-electron chi connectivity index (χ1n) is 11.0. The Morgan fingerprint density at radius 2 is 2.03 bits per heavy atom. The van der Waals surface area contributed by atoms with Crippen LogP contribution < -0.4 is 15.8 Å². The van der Waals surface area contributed by atoms with Gasteiger partial charge in [-0.2, -0.15) is 0 Å². The van der Waals surface area contributed by atoms with Gasteiger partial charge in [0, 0.05) is 31.3 Å². The van der Waals surface area contributed by atoms with Gasteiger partial charge in [0.1, 0.15) is 23.7 Å². The van der Waals surface area contributed by atoms with Crippen LogP contribution in [0.5, 0.6) is 5.75 Å². The van der Waals surface area contributed by atoms with Crippen molar-refractivity contribution in [1.82, 2.24) is 14.9 Å². The summed E-state index contributed by atoms with van der Waals surface area (Å²) in [6.07, 6.45) is 1.35. The molecule has 184 valence electrons. The topological polar surface area (TPSA) is 113 Å². The molecule has 1 aromatic rings. The molecule has 1 saturated heterocycles. The van der Waals surface area contributed by atoms with Crippen molar-refractivity contribution in [3.63, 3.8) is 0 Å². The van der Waals surface area contributed by atoms with Crippen LogP contribution in [0.3, 0.4) is 0 Å². The molecule has 2 N–H and O–H groups in total. The van der Waals surface area contributed by atoms with Gasteiger partial charge in [0.25, 0.3) is 11.8 Å². The van der Waals surface area contributed by atoms with Gasteiger partial charge in [-0.05, 0) is 13.0 Å². The van der Waals surface area contributed by atoms with E-state index in [1.54, 1.807) is 11.9 Å². The number of alkyl halides is 1. The summed E-state index contributed by atoms with van der Waals surface area (Å²) in [5, 5.41) is 14.8. The first-order chi connectivity index (χ1) is 16.3. The normalized spacial score (nSPS) is 23.1. The molecule has 1 unspecified atom stereocenters. The van der Waals surface area contributed by atoms with Crippen molar-refractivity contribution in [2.24, 2.45) is 0 Å². The number of likely N-dealkylation sites (N-methyl/N-ethyl adjacent to an activating group) is 1. The number of carbonyl (C=O) groups is 2. The molecule has 0 bridgehead atoms. The molecule has 1 fully saturated rings. The third-order valence-corrected chi connectivity index (χ3v) is 5.96. The van der Waals surface area contributed by atoms with E-state index in [1.165, 1.54) is 21.8 Å². The molecular weight excluding hydrogens is 454 g/mol. The summed E-state index contributed by atoms with van der Waals surface area (Å²) >= 11 is 0. The highest BCUT2D eigenvalue weighted by Gasteiger charge is 2.40. The molecule has 1 aliphatic carbocycles. The molecule has 0 spiro atoms. The molecule has 3 aliphatic rings. The van der Waals surface area contributed by atoms with Gasteiger partial charge in [0.2, 0.25) is 5.43 Å². The molecule has 4 rings (SSSR count). The van der Waals surface area contributed by atoms with E-state index in [4.69, 9.17) is 9.47 Å². The molecule has 0 aromatic carbocycles. The number of amides is 2. The molecule has 1 aromatic heterocycles. The number of aromatic hydroxyl groups is 1. The van der Waals surface area contributed by atoms with Crippen LogP contribution in [-0.4, -0.2) is 84.9 Å². The second kappa shape index (κ2) is 9.94. The predicted molar refractivity (Wildman–Crippen MR) is 117 cm³/mol. The van der Waals surface area contributed by atoms with Crippen molar-refractivity contribution >= 4 is 11.8 Å². The standard InChI is InChI=1S/C22H26F2N4O6/c1-2-26-17-12-34-8-7-33-6-5-27(17)28-11-15(19(29)20(30)18(28)22(26)32)21(31)25-10-13-3-4-14(23)9-16(13)24/h3,9,11,14,17,30H,2,4-8,10,12H2,1H3,(H,25,31)/t14?,17-/m0/s1. The van der Waals surface area contributed by atoms with Crippen LogP contribution in [0.4, 0.5) is 8.78 Å². The van der Waals surface area contributed by atoms with Crippen LogP contribution >= 0.6 is 0 Å². The van der Waals surface area contributed by atoms with E-state index in [1.807, 2.05) is 0 Å². The highest BCUT2D eigenvalue weighted by atomic mass is 19.1. The van der Waals surface area contributed by atoms with E-state index in [-0.39, 0.29) is 37.4 Å². The van der Waals surface area contributed by atoms with Crippen LogP contribution in [-0.2, 0) is 9.47 Å². The lowest BCUT2D eigenvalue weighted by Crippen LogP contribution is -2.63. The van der Waals surface area contributed by atoms with Crippen LogP contribution in [0.1, 0.15) is 34.2 Å². The fourth-order valence-electron chi connectivity index (χ4n) is 4.20. The monoisotopic (exact) mass is 480 g/mol. The Morgan fingerprint density at radius 3 is 2.76 bits per heavy atom. The Bertz CT molecular complexity index is 1100. The van der Waals surface area contributed by atoms with E-state index in [2.05, 4.69) is 5.32 Å². The Balaban J connectivity index is 1.68. The van der Waals surface area contributed by atoms with Crippen LogP contribution in [0.2, 0.25) is 0 Å². The summed E-state index contributed by atoms with van der Waals surface area (Å²) in [5.41, 5.74) is -1.63. The van der Waals surface area contributed by atoms with Crippen molar-refractivity contribution < 1.29 is 33.0 Å². The fraction of sp³-hybridized carbons (Fsp3) is 0.500. The van der Waals surface area contributed by atoms with E-state index in [0.717, 1.165) is 6.08 Å². The number of fused-ring (bicyclic) bond motifs is 3. The summed E-state index contributed by atoms with van der Waals surface area (Å²) in [4.78, 5) is 40.2. The van der Waals surface area contributed by atoms with Gasteiger partial charge < -0.3 is 24.8 Å². The number of nitrogens with one attached hydrogen (secondary N) is 1. The molecule has 2 aliphatic heterocycles. The van der Waals surface area contributed by atoms with Gasteiger partial charge in [-0.25, -0.2) is 8.78 Å². The smallest absolute Gasteiger partial charge is 0.278 e. The molecule has 12 heteroatoms. The third kappa shape index (κ3) is 4.42. The van der Waals surface area contributed by atoms with Crippen molar-refractivity contribution in [3.8, 4) is 5.75 Å². The SMILES string of the molecule is CCN1C(=O)c2c(O)c(=O)c(C(=O)NCC3=CCC(F)C=C3F)cn2N2CCOCCOC[C@@H]12. The minimum atomic E-state index is -1.43. The number of hydrogen-bond acceptors (Lipinski definition) is 7. The Morgan fingerprint density at radius 1 is 1.26 bits per heavy atom. The zero-order chi connectivity index (χ0) is 24.4. The molecule has 0 saturated carbocycles. The van der Waals surface area contributed by atoms with Crippen molar-refractivity contribution in [1.29, 1.82) is 0 Å². The molecule has 34 heavy (non-hydrogen) atoms. The van der Waals surface area contributed by atoms with Gasteiger partial charge in [-0.3, -0.25) is 24.1 Å². The lowest BCUT2D eigenvalue weighted by Gasteiger charge is -2.45. The number of carbonyl (C=O) groups excluding carboxylic acids is 2. The zero-order valence-corrected chi connectivity index (χ0v) is 18.6. The second-order valence-corrected chi connectivity index (χ2v) is 8.01. The number of hydrogen-bond donors (Lipinski definition) is 2. The van der Waals surface area contributed by atoms with Gasteiger partial charge in [-0.1, -0.05) is 6.08 Å². The minimum Gasteiger partial charge on any atom is -0.502 e. The Kier molecular flexibility index (Phi) is 6.98. The molecule has 2 amide bonds. The van der Waals surface area contributed by atoms with Gasteiger partial charge in [0.15, 0.2) is 11.4 Å². The predicted octanol–water partition coefficient (Wildman–Crippen LogP) is 0.592. The maximum Gasteiger partial charge on any atom is 0.278 e. The molecule has 10 nitrogen and oxygen atoms in total. The molecule has 3 heterocycles. The highest BCUT2D eigenvalue weighted by Crippen LogP contribution is 2.25. The minimum absolute atomic E-state index is 0.0164. The Hall–Kier alpha value is -3.25. The number of allylic oxidation sites excluding steroid dienone is 2. The van der Waals surface area contributed by atoms with Crippen molar-refractivity contribution in [2.75, 3.05) is 51.1 Å². The van der Waals surface area contributed by atoms with Gasteiger partial charge in [-0.15, -0.1) is 0 Å². The lowest BCUT2D eigenvalue weighted by atomic mass is 10.0. The summed E-state index contributed by atoms with van der Waals surface area (Å²) in [7, 11) is 0.